The molecule has 2 rings (SSSR count). The summed E-state index contributed by atoms with van der Waals surface area (Å²) < 4.78 is 5.27. The van der Waals surface area contributed by atoms with Gasteiger partial charge in [-0.1, -0.05) is 46.7 Å². The number of nitrogens with zero attached hydrogens (tertiary/aromatic N) is 1. The third kappa shape index (κ3) is 4.32. The van der Waals surface area contributed by atoms with E-state index in [-0.39, 0.29) is 17.4 Å². The molecule has 6 nitrogen and oxygen atoms in total. The Balaban J connectivity index is 2.53. The SMILES string of the molecule is CC(C)(C)c1cc(-c2cc(CNC(N)=O)on2)cc(C(C)(C)C)c1O. The first-order valence-corrected chi connectivity index (χ1v) is 8.27. The van der Waals surface area contributed by atoms with Gasteiger partial charge in [0.25, 0.3) is 0 Å². The van der Waals surface area contributed by atoms with Crippen LogP contribution in [-0.4, -0.2) is 16.3 Å². The molecule has 1 heterocycles. The minimum atomic E-state index is -0.618. The second-order valence-corrected chi connectivity index (χ2v) is 8.32. The van der Waals surface area contributed by atoms with Gasteiger partial charge in [0.2, 0.25) is 0 Å². The van der Waals surface area contributed by atoms with E-state index in [1.807, 2.05) is 12.1 Å². The van der Waals surface area contributed by atoms with Crippen LogP contribution in [0.1, 0.15) is 58.4 Å². The number of urea groups is 1. The number of aromatic nitrogens is 1. The van der Waals surface area contributed by atoms with E-state index in [0.29, 0.717) is 17.2 Å². The summed E-state index contributed by atoms with van der Waals surface area (Å²) in [5, 5.41) is 17.3. The number of phenols is 1. The topological polar surface area (TPSA) is 101 Å². The number of nitrogens with two attached hydrogens (primary N) is 1. The van der Waals surface area contributed by atoms with Crippen molar-refractivity contribution in [3.63, 3.8) is 0 Å². The van der Waals surface area contributed by atoms with E-state index in [1.54, 1.807) is 6.07 Å². The quantitative estimate of drug-likeness (QED) is 0.787. The third-order valence-corrected chi connectivity index (χ3v) is 4.02. The van der Waals surface area contributed by atoms with Gasteiger partial charge in [-0.15, -0.1) is 0 Å². The van der Waals surface area contributed by atoms with Crippen LogP contribution >= 0.6 is 0 Å². The second-order valence-electron chi connectivity index (χ2n) is 8.32. The summed E-state index contributed by atoms with van der Waals surface area (Å²) in [6.45, 7) is 12.5. The molecule has 0 aliphatic carbocycles. The molecule has 0 fully saturated rings. The number of amides is 2. The van der Waals surface area contributed by atoms with Crippen LogP contribution in [0.4, 0.5) is 4.79 Å². The van der Waals surface area contributed by atoms with Crippen LogP contribution in [0.3, 0.4) is 0 Å². The number of carbonyl (C=O) groups excluding carboxylic acids is 1. The normalized spacial score (nSPS) is 12.2. The van der Waals surface area contributed by atoms with Crippen LogP contribution in [0, 0.1) is 0 Å². The number of rotatable bonds is 3. The fourth-order valence-electron chi connectivity index (χ4n) is 2.63. The molecule has 0 saturated heterocycles. The zero-order valence-electron chi connectivity index (χ0n) is 15.7. The van der Waals surface area contributed by atoms with Crippen LogP contribution in [0.25, 0.3) is 11.3 Å². The Morgan fingerprint density at radius 3 is 2.08 bits per heavy atom. The highest BCUT2D eigenvalue weighted by Gasteiger charge is 2.27. The van der Waals surface area contributed by atoms with Crippen molar-refractivity contribution in [1.82, 2.24) is 10.5 Å². The fourth-order valence-corrected chi connectivity index (χ4v) is 2.63. The van der Waals surface area contributed by atoms with E-state index in [1.165, 1.54) is 0 Å². The maximum absolute atomic E-state index is 10.8. The summed E-state index contributed by atoms with van der Waals surface area (Å²) in [4.78, 5) is 10.8. The fraction of sp³-hybridized carbons (Fsp3) is 0.474. The molecule has 0 aliphatic rings. The monoisotopic (exact) mass is 345 g/mol. The van der Waals surface area contributed by atoms with Crippen LogP contribution in [0.5, 0.6) is 5.75 Å². The van der Waals surface area contributed by atoms with Gasteiger partial charge in [0.15, 0.2) is 5.76 Å². The summed E-state index contributed by atoms with van der Waals surface area (Å²) in [6.07, 6.45) is 0. The molecule has 1 aromatic heterocycles. The molecule has 25 heavy (non-hydrogen) atoms. The predicted molar refractivity (Wildman–Crippen MR) is 97.4 cm³/mol. The van der Waals surface area contributed by atoms with Gasteiger partial charge in [0.1, 0.15) is 11.4 Å². The van der Waals surface area contributed by atoms with Crippen molar-refractivity contribution in [3.8, 4) is 17.0 Å². The lowest BCUT2D eigenvalue weighted by Gasteiger charge is -2.28. The van der Waals surface area contributed by atoms with Crippen LogP contribution in [0.2, 0.25) is 0 Å². The standard InChI is InChI=1S/C19H27N3O3/c1-18(2,3)13-7-11(8-14(16(13)23)19(4,5)6)15-9-12(25-22-15)10-21-17(20)24/h7-9,23H,10H2,1-6H3,(H3,20,21,24). The molecule has 0 saturated carbocycles. The summed E-state index contributed by atoms with van der Waals surface area (Å²) >= 11 is 0. The average Bonchev–Trinajstić information content (AvgIpc) is 2.91. The Bertz CT molecular complexity index is 745. The molecule has 2 aromatic rings. The average molecular weight is 345 g/mol. The molecular formula is C19H27N3O3. The zero-order chi connectivity index (χ0) is 19.0. The molecule has 0 atom stereocenters. The third-order valence-electron chi connectivity index (χ3n) is 4.02. The van der Waals surface area contributed by atoms with Crippen molar-refractivity contribution in [1.29, 1.82) is 0 Å². The number of primary amides is 1. The van der Waals surface area contributed by atoms with Crippen molar-refractivity contribution in [2.24, 2.45) is 5.73 Å². The highest BCUT2D eigenvalue weighted by atomic mass is 16.5. The lowest BCUT2D eigenvalue weighted by molar-refractivity contribution is 0.247. The molecule has 0 radical (unpaired) electrons. The van der Waals surface area contributed by atoms with E-state index in [0.717, 1.165) is 16.7 Å². The minimum absolute atomic E-state index is 0.179. The van der Waals surface area contributed by atoms with Gasteiger partial charge in [-0.05, 0) is 23.0 Å². The Kier molecular flexibility index (Phi) is 4.84. The van der Waals surface area contributed by atoms with Gasteiger partial charge in [-0.2, -0.15) is 0 Å². The van der Waals surface area contributed by atoms with E-state index in [4.69, 9.17) is 10.3 Å². The Morgan fingerprint density at radius 1 is 1.12 bits per heavy atom. The number of hydrogen-bond acceptors (Lipinski definition) is 4. The molecule has 0 spiro atoms. The molecule has 136 valence electrons. The van der Waals surface area contributed by atoms with Crippen molar-refractivity contribution in [3.05, 3.63) is 35.1 Å². The van der Waals surface area contributed by atoms with Crippen LogP contribution in [-0.2, 0) is 17.4 Å². The lowest BCUT2D eigenvalue weighted by atomic mass is 9.78. The van der Waals surface area contributed by atoms with Gasteiger partial charge in [0.05, 0.1) is 6.54 Å². The maximum Gasteiger partial charge on any atom is 0.312 e. The number of carbonyl (C=O) groups is 1. The van der Waals surface area contributed by atoms with E-state index >= 15 is 0 Å². The predicted octanol–water partition coefficient (Wildman–Crippen LogP) is 3.81. The summed E-state index contributed by atoms with van der Waals surface area (Å²) in [6, 6.07) is 5.02. The molecular weight excluding hydrogens is 318 g/mol. The van der Waals surface area contributed by atoms with E-state index < -0.39 is 6.03 Å². The second kappa shape index (κ2) is 6.43. The van der Waals surface area contributed by atoms with Gasteiger partial charge in [-0.3, -0.25) is 0 Å². The van der Waals surface area contributed by atoms with Gasteiger partial charge in [-0.25, -0.2) is 4.79 Å². The van der Waals surface area contributed by atoms with Crippen LogP contribution < -0.4 is 11.1 Å². The first-order chi connectivity index (χ1) is 11.4. The molecule has 4 N–H and O–H groups in total. The number of aromatic hydroxyl groups is 1. The first-order valence-electron chi connectivity index (χ1n) is 8.27. The minimum Gasteiger partial charge on any atom is -0.507 e. The number of hydrogen-bond donors (Lipinski definition) is 3. The van der Waals surface area contributed by atoms with E-state index in [2.05, 4.69) is 52.0 Å². The molecule has 2 amide bonds. The number of phenolic OH excluding ortho intramolecular Hbond substituents is 1. The van der Waals surface area contributed by atoms with Crippen molar-refractivity contribution >= 4 is 6.03 Å². The highest BCUT2D eigenvalue weighted by molar-refractivity contribution is 5.71. The number of benzene rings is 1. The lowest BCUT2D eigenvalue weighted by Crippen LogP contribution is -2.28. The van der Waals surface area contributed by atoms with Crippen molar-refractivity contribution in [2.45, 2.75) is 58.9 Å². The molecule has 0 aliphatic heterocycles. The van der Waals surface area contributed by atoms with Crippen LogP contribution in [0.15, 0.2) is 22.7 Å². The van der Waals surface area contributed by atoms with Gasteiger partial charge < -0.3 is 20.7 Å². The van der Waals surface area contributed by atoms with Crippen molar-refractivity contribution in [2.75, 3.05) is 0 Å². The Morgan fingerprint density at radius 2 is 1.64 bits per heavy atom. The van der Waals surface area contributed by atoms with Crippen molar-refractivity contribution < 1.29 is 14.4 Å². The summed E-state index contributed by atoms with van der Waals surface area (Å²) in [5.41, 5.74) is 7.85. The smallest absolute Gasteiger partial charge is 0.312 e. The molecule has 6 heteroatoms. The molecule has 0 unspecified atom stereocenters. The first kappa shape index (κ1) is 18.8. The number of nitrogens with one attached hydrogen (secondary N) is 1. The summed E-state index contributed by atoms with van der Waals surface area (Å²) in [7, 11) is 0. The summed E-state index contributed by atoms with van der Waals surface area (Å²) in [5.74, 6) is 0.833. The maximum atomic E-state index is 10.8. The Hall–Kier alpha value is -2.50. The highest BCUT2D eigenvalue weighted by Crippen LogP contribution is 2.41. The molecule has 0 bridgehead atoms. The van der Waals surface area contributed by atoms with E-state index in [9.17, 15) is 9.90 Å². The molecule has 1 aromatic carbocycles. The Labute approximate surface area is 148 Å². The van der Waals surface area contributed by atoms with Gasteiger partial charge in [0, 0.05) is 22.8 Å². The zero-order valence-corrected chi connectivity index (χ0v) is 15.7. The largest absolute Gasteiger partial charge is 0.507 e. The van der Waals surface area contributed by atoms with Gasteiger partial charge >= 0.3 is 6.03 Å².